The predicted octanol–water partition coefficient (Wildman–Crippen LogP) is 6.79. The quantitative estimate of drug-likeness (QED) is 0.171. The van der Waals surface area contributed by atoms with Crippen molar-refractivity contribution >= 4 is 33.0 Å². The second-order valence-corrected chi connectivity index (χ2v) is 10.7. The molecule has 0 atom stereocenters. The minimum absolute atomic E-state index is 0.175. The molecule has 1 heterocycles. The van der Waals surface area contributed by atoms with Crippen molar-refractivity contribution in [3.63, 3.8) is 0 Å². The van der Waals surface area contributed by atoms with Gasteiger partial charge >= 0.3 is 0 Å². The van der Waals surface area contributed by atoms with E-state index in [2.05, 4.69) is 27.6 Å². The number of hydrogen-bond acceptors (Lipinski definition) is 5. The van der Waals surface area contributed by atoms with Crippen LogP contribution in [0.4, 0.5) is 4.39 Å². The third-order valence-corrected chi connectivity index (χ3v) is 6.31. The molecule has 0 N–H and O–H groups in total. The van der Waals surface area contributed by atoms with Crippen molar-refractivity contribution in [2.45, 2.75) is 39.2 Å². The van der Waals surface area contributed by atoms with Gasteiger partial charge in [-0.15, -0.1) is 6.58 Å². The molecular formula is C30H29BrFN3O3. The van der Waals surface area contributed by atoms with Gasteiger partial charge in [0, 0.05) is 15.5 Å². The van der Waals surface area contributed by atoms with Gasteiger partial charge in [-0.1, -0.05) is 54.9 Å². The predicted molar refractivity (Wildman–Crippen MR) is 153 cm³/mol. The van der Waals surface area contributed by atoms with Crippen LogP contribution in [0.25, 0.3) is 10.9 Å². The smallest absolute Gasteiger partial charge is 0.282 e. The summed E-state index contributed by atoms with van der Waals surface area (Å²) in [6.07, 6.45) is 3.88. The lowest BCUT2D eigenvalue weighted by atomic mass is 9.95. The highest BCUT2D eigenvalue weighted by Crippen LogP contribution is 2.34. The molecule has 3 aromatic carbocycles. The number of ether oxygens (including phenoxy) is 2. The van der Waals surface area contributed by atoms with Crippen LogP contribution in [0.2, 0.25) is 0 Å². The minimum Gasteiger partial charge on any atom is -0.493 e. The molecule has 0 bridgehead atoms. The first-order valence-corrected chi connectivity index (χ1v) is 12.9. The summed E-state index contributed by atoms with van der Waals surface area (Å²) >= 11 is 3.43. The maximum atomic E-state index is 13.6. The Hall–Kier alpha value is -3.78. The molecule has 0 aliphatic rings. The number of methoxy groups -OCH3 is 1. The number of halogens is 2. The Balaban J connectivity index is 1.77. The van der Waals surface area contributed by atoms with Crippen LogP contribution in [0.1, 0.15) is 43.3 Å². The minimum atomic E-state index is -0.432. The second-order valence-electron chi connectivity index (χ2n) is 9.83. The number of rotatable bonds is 8. The van der Waals surface area contributed by atoms with E-state index in [0.717, 1.165) is 10.0 Å². The average Bonchev–Trinajstić information content (AvgIpc) is 2.87. The third kappa shape index (κ3) is 6.02. The maximum absolute atomic E-state index is 13.6. The van der Waals surface area contributed by atoms with Gasteiger partial charge in [0.25, 0.3) is 5.56 Å². The zero-order valence-corrected chi connectivity index (χ0v) is 23.4. The fourth-order valence-corrected chi connectivity index (χ4v) is 4.39. The number of nitrogens with zero attached hydrogens (tertiary/aromatic N) is 3. The summed E-state index contributed by atoms with van der Waals surface area (Å²) in [5.41, 5.74) is 2.15. The van der Waals surface area contributed by atoms with Gasteiger partial charge in [0.05, 0.1) is 24.2 Å². The van der Waals surface area contributed by atoms with E-state index >= 15 is 0 Å². The van der Waals surface area contributed by atoms with E-state index in [1.165, 1.54) is 16.8 Å². The maximum Gasteiger partial charge on any atom is 0.282 e. The van der Waals surface area contributed by atoms with E-state index in [4.69, 9.17) is 14.5 Å². The summed E-state index contributed by atoms with van der Waals surface area (Å²) in [6, 6.07) is 15.4. The Labute approximate surface area is 229 Å². The highest BCUT2D eigenvalue weighted by molar-refractivity contribution is 9.10. The van der Waals surface area contributed by atoms with Crippen LogP contribution in [0, 0.1) is 5.82 Å². The Morgan fingerprint density at radius 3 is 2.63 bits per heavy atom. The van der Waals surface area contributed by atoms with Crippen LogP contribution >= 0.6 is 15.9 Å². The normalized spacial score (nSPS) is 11.7. The first kappa shape index (κ1) is 27.3. The molecule has 38 heavy (non-hydrogen) atoms. The number of allylic oxidation sites excluding steroid dienone is 1. The Morgan fingerprint density at radius 2 is 1.95 bits per heavy atom. The van der Waals surface area contributed by atoms with E-state index in [0.29, 0.717) is 45.8 Å². The van der Waals surface area contributed by atoms with Gasteiger partial charge in [-0.3, -0.25) is 4.79 Å². The van der Waals surface area contributed by atoms with Crippen molar-refractivity contribution in [2.75, 3.05) is 7.11 Å². The molecule has 0 saturated heterocycles. The summed E-state index contributed by atoms with van der Waals surface area (Å²) in [7, 11) is 1.55. The number of benzene rings is 3. The molecule has 0 unspecified atom stereocenters. The molecule has 0 spiro atoms. The molecule has 0 saturated carbocycles. The average molecular weight is 578 g/mol. The molecule has 196 valence electrons. The molecule has 0 aliphatic heterocycles. The van der Waals surface area contributed by atoms with Gasteiger partial charge in [-0.2, -0.15) is 9.78 Å². The largest absolute Gasteiger partial charge is 0.493 e. The third-order valence-electron chi connectivity index (χ3n) is 5.81. The number of fused-ring (bicyclic) bond motifs is 1. The lowest BCUT2D eigenvalue weighted by molar-refractivity contribution is 0.281. The molecule has 0 radical (unpaired) electrons. The first-order valence-electron chi connectivity index (χ1n) is 12.1. The summed E-state index contributed by atoms with van der Waals surface area (Å²) in [6.45, 7) is 9.99. The van der Waals surface area contributed by atoms with Crippen LogP contribution in [0.3, 0.4) is 0 Å². The van der Waals surface area contributed by atoms with E-state index in [1.54, 1.807) is 43.7 Å². The fraction of sp³-hybridized carbons (Fsp3) is 0.233. The van der Waals surface area contributed by atoms with Gasteiger partial charge in [0.1, 0.15) is 18.2 Å². The van der Waals surface area contributed by atoms with Crippen molar-refractivity contribution in [2.24, 2.45) is 5.10 Å². The van der Waals surface area contributed by atoms with Crippen LogP contribution in [0.5, 0.6) is 11.5 Å². The standard InChI is InChI=1S/C30H29BrFN3O3/c1-6-8-21-13-20(15-26(37-5)27(21)38-18-19-9-7-10-23(32)14-19)17-33-35-28(36)24-16-22(31)11-12-25(24)34-29(35)30(2,3)4/h6-7,9-17H,1,8,18H2,2-5H3. The zero-order chi connectivity index (χ0) is 27.4. The zero-order valence-electron chi connectivity index (χ0n) is 21.8. The topological polar surface area (TPSA) is 65.7 Å². The van der Waals surface area contributed by atoms with Gasteiger partial charge < -0.3 is 9.47 Å². The second kappa shape index (κ2) is 11.3. The Morgan fingerprint density at radius 1 is 1.16 bits per heavy atom. The number of aromatic nitrogens is 2. The van der Waals surface area contributed by atoms with E-state index in [9.17, 15) is 9.18 Å². The van der Waals surface area contributed by atoms with Crippen molar-refractivity contribution in [1.82, 2.24) is 9.66 Å². The molecule has 6 nitrogen and oxygen atoms in total. The van der Waals surface area contributed by atoms with Crippen LogP contribution < -0.4 is 15.0 Å². The van der Waals surface area contributed by atoms with Gasteiger partial charge in [0.15, 0.2) is 11.5 Å². The number of hydrogen-bond donors (Lipinski definition) is 0. The molecule has 8 heteroatoms. The van der Waals surface area contributed by atoms with Crippen LogP contribution in [-0.4, -0.2) is 23.0 Å². The molecule has 4 aromatic rings. The lowest BCUT2D eigenvalue weighted by Crippen LogP contribution is -2.29. The summed E-state index contributed by atoms with van der Waals surface area (Å²) in [4.78, 5) is 18.2. The van der Waals surface area contributed by atoms with Crippen molar-refractivity contribution in [3.05, 3.63) is 110 Å². The van der Waals surface area contributed by atoms with Crippen molar-refractivity contribution in [1.29, 1.82) is 0 Å². The van der Waals surface area contributed by atoms with Crippen LogP contribution in [0.15, 0.2) is 81.6 Å². The van der Waals surface area contributed by atoms with E-state index in [1.807, 2.05) is 39.0 Å². The Bertz CT molecular complexity index is 1590. The highest BCUT2D eigenvalue weighted by Gasteiger charge is 2.23. The van der Waals surface area contributed by atoms with E-state index in [-0.39, 0.29) is 18.0 Å². The van der Waals surface area contributed by atoms with Crippen LogP contribution in [-0.2, 0) is 18.4 Å². The van der Waals surface area contributed by atoms with E-state index < -0.39 is 5.41 Å². The molecule has 0 fully saturated rings. The monoisotopic (exact) mass is 577 g/mol. The first-order chi connectivity index (χ1) is 18.1. The van der Waals surface area contributed by atoms with Crippen molar-refractivity contribution < 1.29 is 13.9 Å². The van der Waals surface area contributed by atoms with Crippen molar-refractivity contribution in [3.8, 4) is 11.5 Å². The molecule has 0 amide bonds. The summed E-state index contributed by atoms with van der Waals surface area (Å²) in [5.74, 6) is 1.25. The fourth-order valence-electron chi connectivity index (χ4n) is 4.03. The summed E-state index contributed by atoms with van der Waals surface area (Å²) < 4.78 is 27.4. The summed E-state index contributed by atoms with van der Waals surface area (Å²) in [5, 5.41) is 5.04. The molecular weight excluding hydrogens is 549 g/mol. The Kier molecular flexibility index (Phi) is 8.11. The SMILES string of the molecule is C=CCc1cc(C=Nn2c(C(C)(C)C)nc3ccc(Br)cc3c2=O)cc(OC)c1OCc1cccc(F)c1. The van der Waals surface area contributed by atoms with Gasteiger partial charge in [-0.05, 0) is 60.0 Å². The molecule has 4 rings (SSSR count). The van der Waals surface area contributed by atoms with Gasteiger partial charge in [0.2, 0.25) is 0 Å². The lowest BCUT2D eigenvalue weighted by Gasteiger charge is -2.21. The highest BCUT2D eigenvalue weighted by atomic mass is 79.9. The molecule has 1 aromatic heterocycles. The molecule has 0 aliphatic carbocycles. The van der Waals surface area contributed by atoms with Gasteiger partial charge in [-0.25, -0.2) is 9.37 Å².